The second-order valence-electron chi connectivity index (χ2n) is 8.26. The Bertz CT molecular complexity index is 738. The summed E-state index contributed by atoms with van der Waals surface area (Å²) in [5.74, 6) is -1.17. The first kappa shape index (κ1) is 22.0. The van der Waals surface area contributed by atoms with Crippen molar-refractivity contribution < 1.29 is 13.9 Å². The lowest BCUT2D eigenvalue weighted by molar-refractivity contribution is 0.161. The predicted molar refractivity (Wildman–Crippen MR) is 110 cm³/mol. The molecule has 2 aromatic carbocycles. The Morgan fingerprint density at radius 1 is 1.04 bits per heavy atom. The molecule has 0 heterocycles. The number of rotatable bonds is 8. The molecule has 0 saturated carbocycles. The standard InChI is InChI=1S/C22H28BrF2NO/c1-22(2,3)12-16-5-7-21(23)17(8-16)13-26-14-20(27)6-4-15-9-18(24)11-19(25)10-15/h5,7-11,20,26-27H,4,6,12-14H2,1-3H3. The zero-order valence-electron chi connectivity index (χ0n) is 16.2. The summed E-state index contributed by atoms with van der Waals surface area (Å²) in [5, 5.41) is 13.4. The normalized spacial score (nSPS) is 13.0. The molecule has 5 heteroatoms. The Kier molecular flexibility index (Phi) is 7.95. The molecule has 27 heavy (non-hydrogen) atoms. The first-order valence-corrected chi connectivity index (χ1v) is 10.0. The lowest BCUT2D eigenvalue weighted by Crippen LogP contribution is -2.27. The molecular formula is C22H28BrF2NO. The van der Waals surface area contributed by atoms with E-state index in [1.165, 1.54) is 17.7 Å². The van der Waals surface area contributed by atoms with Crippen molar-refractivity contribution in [2.24, 2.45) is 5.41 Å². The van der Waals surface area contributed by atoms with Crippen LogP contribution in [0.25, 0.3) is 0 Å². The Morgan fingerprint density at radius 3 is 2.33 bits per heavy atom. The minimum atomic E-state index is -0.586. The van der Waals surface area contributed by atoms with Crippen LogP contribution in [0.2, 0.25) is 0 Å². The molecule has 148 valence electrons. The highest BCUT2D eigenvalue weighted by molar-refractivity contribution is 9.10. The van der Waals surface area contributed by atoms with Gasteiger partial charge >= 0.3 is 0 Å². The summed E-state index contributed by atoms with van der Waals surface area (Å²) in [5.41, 5.74) is 3.22. The number of hydrogen-bond acceptors (Lipinski definition) is 2. The van der Waals surface area contributed by atoms with Gasteiger partial charge in [-0.25, -0.2) is 8.78 Å². The molecular weight excluding hydrogens is 412 g/mol. The van der Waals surface area contributed by atoms with Gasteiger partial charge < -0.3 is 10.4 Å². The van der Waals surface area contributed by atoms with Gasteiger partial charge in [-0.2, -0.15) is 0 Å². The number of aliphatic hydroxyl groups excluding tert-OH is 1. The van der Waals surface area contributed by atoms with Crippen LogP contribution in [0.4, 0.5) is 8.78 Å². The average molecular weight is 440 g/mol. The van der Waals surface area contributed by atoms with E-state index in [1.807, 2.05) is 0 Å². The van der Waals surface area contributed by atoms with Crippen molar-refractivity contribution in [1.82, 2.24) is 5.32 Å². The fourth-order valence-corrected chi connectivity index (χ4v) is 3.44. The Hall–Kier alpha value is -1.30. The molecule has 0 spiro atoms. The molecule has 0 saturated heterocycles. The largest absolute Gasteiger partial charge is 0.392 e. The molecule has 0 amide bonds. The average Bonchev–Trinajstić information content (AvgIpc) is 2.53. The molecule has 0 bridgehead atoms. The summed E-state index contributed by atoms with van der Waals surface area (Å²) in [6.45, 7) is 7.72. The smallest absolute Gasteiger partial charge is 0.126 e. The van der Waals surface area contributed by atoms with Gasteiger partial charge in [-0.1, -0.05) is 48.8 Å². The van der Waals surface area contributed by atoms with Gasteiger partial charge in [0.2, 0.25) is 0 Å². The Balaban J connectivity index is 1.82. The monoisotopic (exact) mass is 439 g/mol. The second kappa shape index (κ2) is 9.76. The van der Waals surface area contributed by atoms with Crippen molar-refractivity contribution in [1.29, 1.82) is 0 Å². The van der Waals surface area contributed by atoms with Crippen LogP contribution >= 0.6 is 15.9 Å². The summed E-state index contributed by atoms with van der Waals surface area (Å²) in [7, 11) is 0. The van der Waals surface area contributed by atoms with Crippen molar-refractivity contribution in [3.8, 4) is 0 Å². The van der Waals surface area contributed by atoms with E-state index in [2.05, 4.69) is 60.2 Å². The summed E-state index contributed by atoms with van der Waals surface area (Å²) in [6, 6.07) is 9.85. The maximum Gasteiger partial charge on any atom is 0.126 e. The van der Waals surface area contributed by atoms with E-state index in [9.17, 15) is 13.9 Å². The fourth-order valence-electron chi connectivity index (χ4n) is 3.05. The molecule has 2 aromatic rings. The van der Waals surface area contributed by atoms with E-state index >= 15 is 0 Å². The molecule has 1 unspecified atom stereocenters. The van der Waals surface area contributed by atoms with Crippen LogP contribution in [0.1, 0.15) is 43.9 Å². The van der Waals surface area contributed by atoms with Crippen LogP contribution in [0, 0.1) is 17.0 Å². The van der Waals surface area contributed by atoms with Crippen LogP contribution in [0.5, 0.6) is 0 Å². The van der Waals surface area contributed by atoms with Crippen molar-refractivity contribution in [3.63, 3.8) is 0 Å². The van der Waals surface area contributed by atoms with Crippen molar-refractivity contribution >= 4 is 15.9 Å². The van der Waals surface area contributed by atoms with E-state index in [4.69, 9.17) is 0 Å². The van der Waals surface area contributed by atoms with Crippen molar-refractivity contribution in [2.45, 2.75) is 52.7 Å². The topological polar surface area (TPSA) is 32.3 Å². The minimum absolute atomic E-state index is 0.227. The number of aliphatic hydroxyl groups is 1. The van der Waals surface area contributed by atoms with Crippen LogP contribution in [0.15, 0.2) is 40.9 Å². The number of benzene rings is 2. The second-order valence-corrected chi connectivity index (χ2v) is 9.12. The van der Waals surface area contributed by atoms with Gasteiger partial charge in [-0.05, 0) is 59.6 Å². The van der Waals surface area contributed by atoms with E-state index in [0.29, 0.717) is 31.5 Å². The third kappa shape index (κ3) is 8.08. The lowest BCUT2D eigenvalue weighted by Gasteiger charge is -2.19. The molecule has 0 aliphatic heterocycles. The third-order valence-corrected chi connectivity index (χ3v) is 5.00. The zero-order valence-corrected chi connectivity index (χ0v) is 17.7. The lowest BCUT2D eigenvalue weighted by atomic mass is 9.88. The third-order valence-electron chi connectivity index (χ3n) is 4.23. The maximum atomic E-state index is 13.2. The van der Waals surface area contributed by atoms with Gasteiger partial charge in [0.1, 0.15) is 11.6 Å². The van der Waals surface area contributed by atoms with Gasteiger partial charge in [0.25, 0.3) is 0 Å². The zero-order chi connectivity index (χ0) is 20.0. The van der Waals surface area contributed by atoms with E-state index in [-0.39, 0.29) is 5.41 Å². The van der Waals surface area contributed by atoms with Crippen LogP contribution in [-0.4, -0.2) is 17.8 Å². The summed E-state index contributed by atoms with van der Waals surface area (Å²) < 4.78 is 27.4. The molecule has 0 aliphatic rings. The Morgan fingerprint density at radius 2 is 1.70 bits per heavy atom. The highest BCUT2D eigenvalue weighted by Crippen LogP contribution is 2.24. The number of hydrogen-bond donors (Lipinski definition) is 2. The van der Waals surface area contributed by atoms with Gasteiger partial charge in [-0.15, -0.1) is 0 Å². The van der Waals surface area contributed by atoms with E-state index in [1.54, 1.807) is 0 Å². The SMILES string of the molecule is CC(C)(C)Cc1ccc(Br)c(CNCC(O)CCc2cc(F)cc(F)c2)c1. The molecule has 0 radical (unpaired) electrons. The van der Waals surface area contributed by atoms with Crippen molar-refractivity contribution in [3.05, 3.63) is 69.2 Å². The van der Waals surface area contributed by atoms with Gasteiger partial charge in [0.05, 0.1) is 6.10 Å². The summed E-state index contributed by atoms with van der Waals surface area (Å²) in [4.78, 5) is 0. The number of aryl methyl sites for hydroxylation is 1. The first-order chi connectivity index (χ1) is 12.6. The van der Waals surface area contributed by atoms with Crippen molar-refractivity contribution in [2.75, 3.05) is 6.54 Å². The summed E-state index contributed by atoms with van der Waals surface area (Å²) >= 11 is 3.58. The highest BCUT2D eigenvalue weighted by atomic mass is 79.9. The van der Waals surface area contributed by atoms with Gasteiger partial charge in [0.15, 0.2) is 0 Å². The number of nitrogens with one attached hydrogen (secondary N) is 1. The highest BCUT2D eigenvalue weighted by Gasteiger charge is 2.13. The molecule has 2 nitrogen and oxygen atoms in total. The molecule has 0 aliphatic carbocycles. The van der Waals surface area contributed by atoms with Crippen LogP contribution in [-0.2, 0) is 19.4 Å². The Labute approximate surface area is 169 Å². The van der Waals surface area contributed by atoms with E-state index in [0.717, 1.165) is 22.5 Å². The fraction of sp³-hybridized carbons (Fsp3) is 0.455. The van der Waals surface area contributed by atoms with Gasteiger partial charge in [0, 0.05) is 23.6 Å². The predicted octanol–water partition coefficient (Wildman–Crippen LogP) is 5.40. The molecule has 0 aromatic heterocycles. The number of halogens is 3. The van der Waals surface area contributed by atoms with Crippen LogP contribution in [0.3, 0.4) is 0 Å². The van der Waals surface area contributed by atoms with Crippen LogP contribution < -0.4 is 5.32 Å². The summed E-state index contributed by atoms with van der Waals surface area (Å²) in [6.07, 6.45) is 1.30. The molecule has 2 rings (SSSR count). The maximum absolute atomic E-state index is 13.2. The molecule has 1 atom stereocenters. The molecule has 0 fully saturated rings. The minimum Gasteiger partial charge on any atom is -0.392 e. The first-order valence-electron chi connectivity index (χ1n) is 9.23. The quantitative estimate of drug-likeness (QED) is 0.576. The van der Waals surface area contributed by atoms with E-state index < -0.39 is 17.7 Å². The van der Waals surface area contributed by atoms with Gasteiger partial charge in [-0.3, -0.25) is 0 Å². The molecule has 2 N–H and O–H groups in total.